The van der Waals surface area contributed by atoms with Gasteiger partial charge in [0.05, 0.1) is 11.4 Å². The Labute approximate surface area is 142 Å². The zero-order valence-electron chi connectivity index (χ0n) is 12.7. The molecule has 5 nitrogen and oxygen atoms in total. The minimum Gasteiger partial charge on any atom is -0.347 e. The van der Waals surface area contributed by atoms with Crippen LogP contribution in [0.1, 0.15) is 34.3 Å². The van der Waals surface area contributed by atoms with Crippen LogP contribution >= 0.6 is 22.9 Å². The van der Waals surface area contributed by atoms with Gasteiger partial charge in [-0.2, -0.15) is 11.3 Å². The average Bonchev–Trinajstić information content (AvgIpc) is 3.25. The molecule has 1 amide bonds. The van der Waals surface area contributed by atoms with E-state index in [1.165, 1.54) is 0 Å². The number of nitrogens with one attached hydrogen (secondary N) is 1. The molecule has 0 aliphatic heterocycles. The standard InChI is InChI=1S/C16H16N4OS2/c1-2-4-13-15(23-20-19-13)16(21)18-9-11-5-3-7-17-14(11)12-6-8-22-10-12/h3,5-8,10H,2,4,9H2,1H3,(H,18,21). The van der Waals surface area contributed by atoms with Crippen molar-refractivity contribution in [2.24, 2.45) is 0 Å². The second kappa shape index (κ2) is 7.43. The quantitative estimate of drug-likeness (QED) is 0.742. The summed E-state index contributed by atoms with van der Waals surface area (Å²) < 4.78 is 3.89. The molecule has 0 aromatic carbocycles. The highest BCUT2D eigenvalue weighted by Crippen LogP contribution is 2.23. The first kappa shape index (κ1) is 15.8. The molecule has 0 atom stereocenters. The summed E-state index contributed by atoms with van der Waals surface area (Å²) in [5, 5.41) is 11.1. The lowest BCUT2D eigenvalue weighted by Crippen LogP contribution is -2.23. The number of nitrogens with zero attached hydrogens (tertiary/aromatic N) is 3. The van der Waals surface area contributed by atoms with Gasteiger partial charge in [-0.05, 0) is 41.0 Å². The molecule has 0 aliphatic carbocycles. The molecule has 0 spiro atoms. The van der Waals surface area contributed by atoms with Crippen LogP contribution in [0.5, 0.6) is 0 Å². The molecule has 0 saturated carbocycles. The highest BCUT2D eigenvalue weighted by Gasteiger charge is 2.16. The molecule has 3 aromatic rings. The first-order valence-electron chi connectivity index (χ1n) is 7.35. The fourth-order valence-corrected chi connectivity index (χ4v) is 3.54. The van der Waals surface area contributed by atoms with E-state index >= 15 is 0 Å². The Hall–Kier alpha value is -2.12. The van der Waals surface area contributed by atoms with E-state index in [1.807, 2.05) is 23.6 Å². The summed E-state index contributed by atoms with van der Waals surface area (Å²) in [6, 6.07) is 5.90. The van der Waals surface area contributed by atoms with Crippen molar-refractivity contribution in [3.05, 3.63) is 51.3 Å². The van der Waals surface area contributed by atoms with Crippen molar-refractivity contribution in [3.63, 3.8) is 0 Å². The SMILES string of the molecule is CCCc1nnsc1C(=O)NCc1cccnc1-c1ccsc1. The molecule has 3 heterocycles. The Balaban J connectivity index is 1.74. The number of rotatable bonds is 6. The van der Waals surface area contributed by atoms with Gasteiger partial charge in [-0.3, -0.25) is 9.78 Å². The lowest BCUT2D eigenvalue weighted by Gasteiger charge is -2.08. The minimum atomic E-state index is -0.122. The maximum Gasteiger partial charge on any atom is 0.265 e. The summed E-state index contributed by atoms with van der Waals surface area (Å²) in [6.45, 7) is 2.49. The fourth-order valence-electron chi connectivity index (χ4n) is 2.28. The highest BCUT2D eigenvalue weighted by molar-refractivity contribution is 7.08. The number of aromatic nitrogens is 3. The lowest BCUT2D eigenvalue weighted by atomic mass is 10.1. The molecule has 3 aromatic heterocycles. The van der Waals surface area contributed by atoms with Gasteiger partial charge in [0.15, 0.2) is 0 Å². The van der Waals surface area contributed by atoms with Crippen LogP contribution < -0.4 is 5.32 Å². The summed E-state index contributed by atoms with van der Waals surface area (Å²) in [4.78, 5) is 17.4. The van der Waals surface area contributed by atoms with Gasteiger partial charge >= 0.3 is 0 Å². The number of pyridine rings is 1. The summed E-state index contributed by atoms with van der Waals surface area (Å²) in [7, 11) is 0. The third-order valence-corrected chi connectivity index (χ3v) is 4.82. The number of carbonyl (C=O) groups excluding carboxylic acids is 1. The molecule has 7 heteroatoms. The molecular formula is C16H16N4OS2. The highest BCUT2D eigenvalue weighted by atomic mass is 32.1. The van der Waals surface area contributed by atoms with Gasteiger partial charge in [0.2, 0.25) is 0 Å². The van der Waals surface area contributed by atoms with Crippen molar-refractivity contribution in [2.45, 2.75) is 26.3 Å². The number of amides is 1. The molecule has 0 fully saturated rings. The fraction of sp³-hybridized carbons (Fsp3) is 0.250. The Bertz CT molecular complexity index is 783. The van der Waals surface area contributed by atoms with E-state index in [4.69, 9.17) is 0 Å². The average molecular weight is 344 g/mol. The van der Waals surface area contributed by atoms with E-state index in [9.17, 15) is 4.79 Å². The first-order valence-corrected chi connectivity index (χ1v) is 9.07. The Morgan fingerprint density at radius 1 is 1.35 bits per heavy atom. The van der Waals surface area contributed by atoms with Gasteiger partial charge in [0, 0.05) is 23.7 Å². The van der Waals surface area contributed by atoms with E-state index in [0.29, 0.717) is 11.4 Å². The van der Waals surface area contributed by atoms with E-state index in [2.05, 4.69) is 32.2 Å². The molecule has 0 radical (unpaired) electrons. The first-order chi connectivity index (χ1) is 11.3. The van der Waals surface area contributed by atoms with Gasteiger partial charge in [0.1, 0.15) is 4.88 Å². The van der Waals surface area contributed by atoms with Crippen LogP contribution in [0.2, 0.25) is 0 Å². The monoisotopic (exact) mass is 344 g/mol. The van der Waals surface area contributed by atoms with E-state index in [-0.39, 0.29) is 5.91 Å². The van der Waals surface area contributed by atoms with Crippen molar-refractivity contribution in [3.8, 4) is 11.3 Å². The van der Waals surface area contributed by atoms with Crippen LogP contribution in [0.3, 0.4) is 0 Å². The van der Waals surface area contributed by atoms with Gasteiger partial charge in [-0.25, -0.2) is 0 Å². The maximum atomic E-state index is 12.4. The van der Waals surface area contributed by atoms with Gasteiger partial charge in [0.25, 0.3) is 5.91 Å². The van der Waals surface area contributed by atoms with E-state index < -0.39 is 0 Å². The summed E-state index contributed by atoms with van der Waals surface area (Å²) in [5.74, 6) is -0.122. The van der Waals surface area contributed by atoms with Crippen molar-refractivity contribution >= 4 is 28.8 Å². The topological polar surface area (TPSA) is 67.8 Å². The number of hydrogen-bond acceptors (Lipinski definition) is 6. The summed E-state index contributed by atoms with van der Waals surface area (Å²) in [6.07, 6.45) is 3.48. The van der Waals surface area contributed by atoms with Crippen LogP contribution in [0.25, 0.3) is 11.3 Å². The van der Waals surface area contributed by atoms with Crippen LogP contribution in [0, 0.1) is 0 Å². The lowest BCUT2D eigenvalue weighted by molar-refractivity contribution is 0.0954. The Kier molecular flexibility index (Phi) is 5.09. The van der Waals surface area contributed by atoms with Crippen LogP contribution in [0.15, 0.2) is 35.2 Å². The third-order valence-electron chi connectivity index (χ3n) is 3.37. The maximum absolute atomic E-state index is 12.4. The van der Waals surface area contributed by atoms with Crippen molar-refractivity contribution in [1.82, 2.24) is 19.9 Å². The second-order valence-electron chi connectivity index (χ2n) is 5.00. The summed E-state index contributed by atoms with van der Waals surface area (Å²) >= 11 is 2.78. The number of carbonyl (C=O) groups is 1. The van der Waals surface area contributed by atoms with Crippen LogP contribution in [-0.4, -0.2) is 20.5 Å². The van der Waals surface area contributed by atoms with Gasteiger partial charge in [-0.1, -0.05) is 23.9 Å². The number of aryl methyl sites for hydroxylation is 1. The van der Waals surface area contributed by atoms with Crippen LogP contribution in [0.4, 0.5) is 0 Å². The summed E-state index contributed by atoms with van der Waals surface area (Å²) in [5.41, 5.74) is 3.75. The van der Waals surface area contributed by atoms with Crippen molar-refractivity contribution in [1.29, 1.82) is 0 Å². The zero-order chi connectivity index (χ0) is 16.1. The second-order valence-corrected chi connectivity index (χ2v) is 6.54. The molecule has 1 N–H and O–H groups in total. The molecule has 0 aliphatic rings. The predicted molar refractivity (Wildman–Crippen MR) is 92.6 cm³/mol. The molecular weight excluding hydrogens is 328 g/mol. The number of thiophene rings is 1. The Morgan fingerprint density at radius 3 is 3.04 bits per heavy atom. The largest absolute Gasteiger partial charge is 0.347 e. The predicted octanol–water partition coefficient (Wildman–Crippen LogP) is 3.54. The van der Waals surface area contributed by atoms with E-state index in [1.54, 1.807) is 17.5 Å². The van der Waals surface area contributed by atoms with Gasteiger partial charge in [-0.15, -0.1) is 5.10 Å². The normalized spacial score (nSPS) is 10.7. The smallest absolute Gasteiger partial charge is 0.265 e. The minimum absolute atomic E-state index is 0.122. The molecule has 3 rings (SSSR count). The Morgan fingerprint density at radius 2 is 2.26 bits per heavy atom. The zero-order valence-corrected chi connectivity index (χ0v) is 14.3. The molecule has 118 valence electrons. The van der Waals surface area contributed by atoms with Gasteiger partial charge < -0.3 is 5.32 Å². The van der Waals surface area contributed by atoms with Crippen LogP contribution in [-0.2, 0) is 13.0 Å². The van der Waals surface area contributed by atoms with E-state index in [0.717, 1.165) is 46.9 Å². The third kappa shape index (κ3) is 3.62. The molecule has 0 bridgehead atoms. The molecule has 0 saturated heterocycles. The van der Waals surface area contributed by atoms with Crippen molar-refractivity contribution in [2.75, 3.05) is 0 Å². The van der Waals surface area contributed by atoms with Crippen molar-refractivity contribution < 1.29 is 4.79 Å². The number of hydrogen-bond donors (Lipinski definition) is 1. The molecule has 0 unspecified atom stereocenters. The molecule has 23 heavy (non-hydrogen) atoms.